The van der Waals surface area contributed by atoms with Crippen LogP contribution < -0.4 is 0 Å². The number of carbonyl (C=O) groups excluding carboxylic acids is 2. The number of allylic oxidation sites excluding steroid dienone is 3. The quantitative estimate of drug-likeness (QED) is 0.375. The topological polar surface area (TPSA) is 72.8 Å². The van der Waals surface area contributed by atoms with E-state index in [-0.39, 0.29) is 18.4 Å². The molecule has 0 radical (unpaired) electrons. The minimum Gasteiger partial charge on any atom is -0.456 e. The van der Waals surface area contributed by atoms with Crippen molar-refractivity contribution in [3.63, 3.8) is 0 Å². The predicted octanol–water partition coefficient (Wildman–Crippen LogP) is 4.56. The van der Waals surface area contributed by atoms with Crippen molar-refractivity contribution in [2.75, 3.05) is 0 Å². The number of fused-ring (bicyclic) bond motifs is 2. The van der Waals surface area contributed by atoms with Crippen LogP contribution in [0.2, 0.25) is 0 Å². The molecule has 168 valence electrons. The summed E-state index contributed by atoms with van der Waals surface area (Å²) in [6, 6.07) is 0. The number of hydrogen-bond acceptors (Lipinski definition) is 5. The summed E-state index contributed by atoms with van der Waals surface area (Å²) < 4.78 is 48.7. The van der Waals surface area contributed by atoms with Gasteiger partial charge in [0.2, 0.25) is 0 Å². The SMILES string of the molecule is C=C1C(=O)OC2CC1C(OC(=O)C(F)(F)F)C/C(C)=C/CC/C(C)=C\CCC2(C)O. The summed E-state index contributed by atoms with van der Waals surface area (Å²) in [6.07, 6.45) is -1.06. The molecule has 1 N–H and O–H groups in total. The monoisotopic (exact) mass is 430 g/mol. The molecule has 2 bridgehead atoms. The van der Waals surface area contributed by atoms with Crippen molar-refractivity contribution in [3.8, 4) is 0 Å². The molecule has 1 fully saturated rings. The molecule has 2 rings (SSSR count). The van der Waals surface area contributed by atoms with Crippen LogP contribution in [0.5, 0.6) is 0 Å². The van der Waals surface area contributed by atoms with E-state index in [0.29, 0.717) is 19.3 Å². The maximum absolute atomic E-state index is 12.9. The maximum atomic E-state index is 12.9. The lowest BCUT2D eigenvalue weighted by molar-refractivity contribution is -0.209. The second-order valence-corrected chi connectivity index (χ2v) is 8.44. The van der Waals surface area contributed by atoms with E-state index >= 15 is 0 Å². The highest BCUT2D eigenvalue weighted by atomic mass is 19.4. The number of hydrogen-bond donors (Lipinski definition) is 1. The molecule has 30 heavy (non-hydrogen) atoms. The van der Waals surface area contributed by atoms with E-state index < -0.39 is 41.8 Å². The molecular formula is C22H29F3O5. The minimum atomic E-state index is -5.15. The molecule has 0 aromatic carbocycles. The summed E-state index contributed by atoms with van der Waals surface area (Å²) in [6.45, 7) is 8.91. The molecule has 5 nitrogen and oxygen atoms in total. The molecule has 0 spiro atoms. The van der Waals surface area contributed by atoms with E-state index in [0.717, 1.165) is 17.6 Å². The van der Waals surface area contributed by atoms with Gasteiger partial charge in [-0.1, -0.05) is 29.9 Å². The van der Waals surface area contributed by atoms with Crippen molar-refractivity contribution < 1.29 is 37.3 Å². The number of ether oxygens (including phenoxy) is 2. The lowest BCUT2D eigenvalue weighted by Crippen LogP contribution is -2.50. The van der Waals surface area contributed by atoms with Gasteiger partial charge in [0.1, 0.15) is 12.2 Å². The van der Waals surface area contributed by atoms with Gasteiger partial charge in [-0.2, -0.15) is 13.2 Å². The van der Waals surface area contributed by atoms with Gasteiger partial charge in [-0.25, -0.2) is 9.59 Å². The van der Waals surface area contributed by atoms with Gasteiger partial charge in [0, 0.05) is 17.9 Å². The fourth-order valence-corrected chi connectivity index (χ4v) is 3.83. The smallest absolute Gasteiger partial charge is 0.456 e. The summed E-state index contributed by atoms with van der Waals surface area (Å²) in [5.41, 5.74) is 0.422. The first-order chi connectivity index (χ1) is 13.8. The highest BCUT2D eigenvalue weighted by Gasteiger charge is 2.48. The van der Waals surface area contributed by atoms with E-state index in [1.165, 1.54) is 6.92 Å². The zero-order chi connectivity index (χ0) is 22.7. The Labute approximate surface area is 174 Å². The molecule has 1 aliphatic heterocycles. The van der Waals surface area contributed by atoms with Gasteiger partial charge >= 0.3 is 18.1 Å². The highest BCUT2D eigenvalue weighted by molar-refractivity contribution is 5.89. The van der Waals surface area contributed by atoms with E-state index in [4.69, 9.17) is 9.47 Å². The molecule has 1 heterocycles. The second-order valence-electron chi connectivity index (χ2n) is 8.44. The molecule has 4 atom stereocenters. The average molecular weight is 430 g/mol. The summed E-state index contributed by atoms with van der Waals surface area (Å²) in [5, 5.41) is 10.9. The standard InChI is InChI=1S/C22H29F3O5/c1-13-7-5-8-14(2)11-17(29-20(27)22(23,24)25)16-12-18(30-19(26)15(16)3)21(4,28)10-6-9-13/h8-9,16-18,28H,3,5-7,10-12H2,1-2,4H3/b13-9-,14-8+. The molecule has 4 unspecified atom stereocenters. The van der Waals surface area contributed by atoms with Gasteiger partial charge in [0.05, 0.1) is 5.60 Å². The third-order valence-corrected chi connectivity index (χ3v) is 5.76. The first-order valence-electron chi connectivity index (χ1n) is 10.0. The molecule has 1 saturated heterocycles. The van der Waals surface area contributed by atoms with Gasteiger partial charge in [0.15, 0.2) is 0 Å². The van der Waals surface area contributed by atoms with Crippen LogP contribution in [0.3, 0.4) is 0 Å². The van der Waals surface area contributed by atoms with E-state index in [2.05, 4.69) is 6.58 Å². The van der Waals surface area contributed by atoms with Crippen molar-refractivity contribution in [2.45, 2.75) is 83.3 Å². The number of esters is 2. The Balaban J connectivity index is 2.42. The Bertz CT molecular complexity index is 748. The third-order valence-electron chi connectivity index (χ3n) is 5.76. The van der Waals surface area contributed by atoms with E-state index in [1.54, 1.807) is 6.92 Å². The van der Waals surface area contributed by atoms with Crippen LogP contribution in [0.4, 0.5) is 13.2 Å². The van der Waals surface area contributed by atoms with Crippen LogP contribution >= 0.6 is 0 Å². The van der Waals surface area contributed by atoms with Crippen LogP contribution in [0.25, 0.3) is 0 Å². The van der Waals surface area contributed by atoms with E-state index in [1.807, 2.05) is 19.1 Å². The van der Waals surface area contributed by atoms with Crippen molar-refractivity contribution in [3.05, 3.63) is 35.5 Å². The lowest BCUT2D eigenvalue weighted by Gasteiger charge is -2.41. The molecule has 2 aliphatic rings. The average Bonchev–Trinajstić information content (AvgIpc) is 2.61. The molecular weight excluding hydrogens is 401 g/mol. The zero-order valence-corrected chi connectivity index (χ0v) is 17.6. The van der Waals surface area contributed by atoms with Gasteiger partial charge in [-0.15, -0.1) is 0 Å². The van der Waals surface area contributed by atoms with Crippen LogP contribution in [-0.2, 0) is 19.1 Å². The number of alkyl halides is 3. The largest absolute Gasteiger partial charge is 0.490 e. The van der Waals surface area contributed by atoms with Crippen LogP contribution in [0.15, 0.2) is 35.5 Å². The molecule has 0 aromatic heterocycles. The highest BCUT2D eigenvalue weighted by Crippen LogP contribution is 2.38. The normalized spacial score (nSPS) is 35.2. The summed E-state index contributed by atoms with van der Waals surface area (Å²) in [4.78, 5) is 23.9. The van der Waals surface area contributed by atoms with Crippen molar-refractivity contribution in [2.24, 2.45) is 5.92 Å². The molecule has 0 saturated carbocycles. The Hall–Kier alpha value is -2.09. The number of aliphatic hydroxyl groups is 1. The first kappa shape index (κ1) is 24.2. The van der Waals surface area contributed by atoms with Crippen LogP contribution in [0, 0.1) is 5.92 Å². The summed E-state index contributed by atoms with van der Waals surface area (Å²) >= 11 is 0. The van der Waals surface area contributed by atoms with Gasteiger partial charge in [0.25, 0.3) is 0 Å². The van der Waals surface area contributed by atoms with Gasteiger partial charge in [-0.3, -0.25) is 0 Å². The van der Waals surface area contributed by atoms with Crippen molar-refractivity contribution in [1.29, 1.82) is 0 Å². The molecule has 8 heteroatoms. The number of halogens is 3. The lowest BCUT2D eigenvalue weighted by atomic mass is 9.78. The van der Waals surface area contributed by atoms with Gasteiger partial charge in [-0.05, 0) is 52.9 Å². The summed E-state index contributed by atoms with van der Waals surface area (Å²) in [7, 11) is 0. The number of rotatable bonds is 1. The molecule has 0 amide bonds. The zero-order valence-electron chi connectivity index (χ0n) is 17.6. The Morgan fingerprint density at radius 3 is 2.53 bits per heavy atom. The molecule has 0 aromatic rings. The fraction of sp³-hybridized carbons (Fsp3) is 0.636. The third kappa shape index (κ3) is 6.20. The van der Waals surface area contributed by atoms with Crippen molar-refractivity contribution >= 4 is 11.9 Å². The van der Waals surface area contributed by atoms with Crippen LogP contribution in [0.1, 0.15) is 59.3 Å². The predicted molar refractivity (Wildman–Crippen MR) is 104 cm³/mol. The van der Waals surface area contributed by atoms with Crippen molar-refractivity contribution in [1.82, 2.24) is 0 Å². The first-order valence-corrected chi connectivity index (χ1v) is 10.0. The number of carbonyl (C=O) groups is 2. The Kier molecular flexibility index (Phi) is 7.55. The Morgan fingerprint density at radius 2 is 1.90 bits per heavy atom. The second kappa shape index (κ2) is 9.37. The Morgan fingerprint density at radius 1 is 1.27 bits per heavy atom. The fourth-order valence-electron chi connectivity index (χ4n) is 3.83. The van der Waals surface area contributed by atoms with E-state index in [9.17, 15) is 27.9 Å². The summed E-state index contributed by atoms with van der Waals surface area (Å²) in [5.74, 6) is -4.00. The van der Waals surface area contributed by atoms with Gasteiger partial charge < -0.3 is 14.6 Å². The van der Waals surface area contributed by atoms with Crippen LogP contribution in [-0.4, -0.2) is 41.0 Å². The maximum Gasteiger partial charge on any atom is 0.490 e. The molecule has 1 aliphatic carbocycles. The minimum absolute atomic E-state index is 0.0172.